The zero-order valence-corrected chi connectivity index (χ0v) is 13.2. The highest BCUT2D eigenvalue weighted by molar-refractivity contribution is 5.64. The van der Waals surface area contributed by atoms with Crippen molar-refractivity contribution in [1.29, 1.82) is 0 Å². The minimum Gasteiger partial charge on any atom is -0.357 e. The number of nitro benzene ring substituents is 1. The molecule has 0 saturated carbocycles. The summed E-state index contributed by atoms with van der Waals surface area (Å²) >= 11 is 0. The SMILES string of the molecule is O=[N+]([O-])c1c(F)cccc1N1CCn2c(nnc2-c2ccccc2)C1. The van der Waals surface area contributed by atoms with Crippen LogP contribution in [-0.4, -0.2) is 26.2 Å². The maximum absolute atomic E-state index is 13.9. The topological polar surface area (TPSA) is 77.1 Å². The summed E-state index contributed by atoms with van der Waals surface area (Å²) < 4.78 is 15.9. The minimum absolute atomic E-state index is 0.264. The van der Waals surface area contributed by atoms with Crippen LogP contribution in [0.25, 0.3) is 11.4 Å². The van der Waals surface area contributed by atoms with E-state index in [1.54, 1.807) is 11.0 Å². The minimum atomic E-state index is -0.834. The van der Waals surface area contributed by atoms with E-state index in [0.717, 1.165) is 17.5 Å². The summed E-state index contributed by atoms with van der Waals surface area (Å²) in [5, 5.41) is 19.7. The lowest BCUT2D eigenvalue weighted by atomic mass is 10.2. The van der Waals surface area contributed by atoms with Crippen molar-refractivity contribution in [2.24, 2.45) is 0 Å². The number of anilines is 1. The van der Waals surface area contributed by atoms with E-state index in [1.165, 1.54) is 6.07 Å². The predicted molar refractivity (Wildman–Crippen MR) is 89.6 cm³/mol. The van der Waals surface area contributed by atoms with E-state index in [2.05, 4.69) is 10.2 Å². The summed E-state index contributed by atoms with van der Waals surface area (Å²) in [4.78, 5) is 12.3. The summed E-state index contributed by atoms with van der Waals surface area (Å²) in [6, 6.07) is 13.9. The van der Waals surface area contributed by atoms with Crippen molar-refractivity contribution in [2.45, 2.75) is 13.1 Å². The average Bonchev–Trinajstić information content (AvgIpc) is 3.05. The van der Waals surface area contributed by atoms with Crippen molar-refractivity contribution in [3.63, 3.8) is 0 Å². The number of halogens is 1. The van der Waals surface area contributed by atoms with Gasteiger partial charge in [-0.3, -0.25) is 10.1 Å². The van der Waals surface area contributed by atoms with Gasteiger partial charge in [-0.05, 0) is 12.1 Å². The van der Waals surface area contributed by atoms with Gasteiger partial charge in [-0.25, -0.2) is 0 Å². The number of hydrogen-bond donors (Lipinski definition) is 0. The van der Waals surface area contributed by atoms with Crippen molar-refractivity contribution in [3.8, 4) is 11.4 Å². The number of aromatic nitrogens is 3. The first-order valence-corrected chi connectivity index (χ1v) is 7.80. The fraction of sp³-hybridized carbons (Fsp3) is 0.176. The number of para-hydroxylation sites is 1. The highest BCUT2D eigenvalue weighted by atomic mass is 19.1. The Kier molecular flexibility index (Phi) is 3.64. The highest BCUT2D eigenvalue weighted by Gasteiger charge is 2.28. The molecule has 1 aliphatic heterocycles. The molecule has 0 bridgehead atoms. The van der Waals surface area contributed by atoms with Crippen LogP contribution < -0.4 is 4.90 Å². The Balaban J connectivity index is 1.69. The van der Waals surface area contributed by atoms with E-state index < -0.39 is 16.4 Å². The maximum Gasteiger partial charge on any atom is 0.327 e. The molecule has 1 aromatic heterocycles. The van der Waals surface area contributed by atoms with Gasteiger partial charge < -0.3 is 9.47 Å². The van der Waals surface area contributed by atoms with Crippen LogP contribution in [0.4, 0.5) is 15.8 Å². The lowest BCUT2D eigenvalue weighted by molar-refractivity contribution is -0.386. The second kappa shape index (κ2) is 5.97. The van der Waals surface area contributed by atoms with Gasteiger partial charge in [-0.1, -0.05) is 36.4 Å². The van der Waals surface area contributed by atoms with Gasteiger partial charge in [0.05, 0.1) is 11.5 Å². The van der Waals surface area contributed by atoms with Crippen LogP contribution in [-0.2, 0) is 13.1 Å². The Bertz CT molecular complexity index is 941. The van der Waals surface area contributed by atoms with E-state index in [-0.39, 0.29) is 5.69 Å². The van der Waals surface area contributed by atoms with Crippen LogP contribution in [0, 0.1) is 15.9 Å². The summed E-state index contributed by atoms with van der Waals surface area (Å²) in [5.41, 5.74) is 0.727. The molecule has 0 spiro atoms. The Morgan fingerprint density at radius 3 is 2.60 bits per heavy atom. The molecule has 1 aliphatic rings. The van der Waals surface area contributed by atoms with E-state index in [0.29, 0.717) is 25.5 Å². The lowest BCUT2D eigenvalue weighted by Gasteiger charge is -2.29. The fourth-order valence-corrected chi connectivity index (χ4v) is 3.10. The van der Waals surface area contributed by atoms with Crippen LogP contribution in [0.15, 0.2) is 48.5 Å². The molecule has 0 aliphatic carbocycles. The Labute approximate surface area is 142 Å². The molecule has 0 unspecified atom stereocenters. The van der Waals surface area contributed by atoms with Gasteiger partial charge in [-0.2, -0.15) is 4.39 Å². The zero-order valence-electron chi connectivity index (χ0n) is 13.2. The fourth-order valence-electron chi connectivity index (χ4n) is 3.10. The first-order chi connectivity index (χ1) is 12.1. The van der Waals surface area contributed by atoms with Crippen LogP contribution in [0.2, 0.25) is 0 Å². The third-order valence-electron chi connectivity index (χ3n) is 4.27. The highest BCUT2D eigenvalue weighted by Crippen LogP contribution is 2.33. The Morgan fingerprint density at radius 1 is 1.04 bits per heavy atom. The van der Waals surface area contributed by atoms with Gasteiger partial charge in [0, 0.05) is 18.7 Å². The lowest BCUT2D eigenvalue weighted by Crippen LogP contribution is -2.34. The molecule has 0 atom stereocenters. The van der Waals surface area contributed by atoms with Gasteiger partial charge in [0.2, 0.25) is 5.82 Å². The van der Waals surface area contributed by atoms with Crippen LogP contribution in [0.3, 0.4) is 0 Å². The van der Waals surface area contributed by atoms with Crippen molar-refractivity contribution in [2.75, 3.05) is 11.4 Å². The quantitative estimate of drug-likeness (QED) is 0.541. The molecule has 126 valence electrons. The number of nitrogens with zero attached hydrogens (tertiary/aromatic N) is 5. The molecule has 3 aromatic rings. The van der Waals surface area contributed by atoms with E-state index in [9.17, 15) is 14.5 Å². The number of nitro groups is 1. The van der Waals surface area contributed by atoms with Crippen LogP contribution in [0.5, 0.6) is 0 Å². The monoisotopic (exact) mass is 339 g/mol. The van der Waals surface area contributed by atoms with Crippen molar-refractivity contribution < 1.29 is 9.31 Å². The number of benzene rings is 2. The third-order valence-corrected chi connectivity index (χ3v) is 4.27. The number of fused-ring (bicyclic) bond motifs is 1. The van der Waals surface area contributed by atoms with Gasteiger partial charge in [-0.15, -0.1) is 10.2 Å². The van der Waals surface area contributed by atoms with E-state index in [4.69, 9.17) is 0 Å². The molecule has 25 heavy (non-hydrogen) atoms. The normalized spacial score (nSPS) is 13.6. The zero-order chi connectivity index (χ0) is 17.4. The molecule has 8 heteroatoms. The van der Waals surface area contributed by atoms with Gasteiger partial charge in [0.25, 0.3) is 0 Å². The molecule has 0 N–H and O–H groups in total. The third kappa shape index (κ3) is 2.61. The summed E-state index contributed by atoms with van der Waals surface area (Å²) in [7, 11) is 0. The second-order valence-electron chi connectivity index (χ2n) is 5.74. The largest absolute Gasteiger partial charge is 0.357 e. The summed E-state index contributed by atoms with van der Waals surface area (Å²) in [5.74, 6) is 0.632. The first kappa shape index (κ1) is 15.3. The number of hydrogen-bond acceptors (Lipinski definition) is 5. The molecule has 0 radical (unpaired) electrons. The molecule has 0 fully saturated rings. The standard InChI is InChI=1S/C17H14FN5O2/c18-13-7-4-8-14(16(13)23(24)25)21-9-10-22-15(11-21)19-20-17(22)12-5-2-1-3-6-12/h1-8H,9-11H2. The van der Waals surface area contributed by atoms with E-state index in [1.807, 2.05) is 34.9 Å². The molecule has 0 saturated heterocycles. The Morgan fingerprint density at radius 2 is 1.84 bits per heavy atom. The van der Waals surface area contributed by atoms with Crippen molar-refractivity contribution >= 4 is 11.4 Å². The van der Waals surface area contributed by atoms with Gasteiger partial charge in [0.15, 0.2) is 11.6 Å². The first-order valence-electron chi connectivity index (χ1n) is 7.80. The van der Waals surface area contributed by atoms with Crippen LogP contribution in [0.1, 0.15) is 5.82 Å². The Hall–Kier alpha value is -3.29. The predicted octanol–water partition coefficient (Wildman–Crippen LogP) is 3.01. The second-order valence-corrected chi connectivity index (χ2v) is 5.74. The average molecular weight is 339 g/mol. The molecule has 0 amide bonds. The van der Waals surface area contributed by atoms with Crippen LogP contribution >= 0.6 is 0 Å². The van der Waals surface area contributed by atoms with Crippen molar-refractivity contribution in [3.05, 3.63) is 70.3 Å². The molecule has 2 heterocycles. The van der Waals surface area contributed by atoms with E-state index >= 15 is 0 Å². The molecule has 7 nitrogen and oxygen atoms in total. The molecule has 2 aromatic carbocycles. The summed E-state index contributed by atoms with van der Waals surface area (Å²) in [6.07, 6.45) is 0. The molecular formula is C17H14FN5O2. The smallest absolute Gasteiger partial charge is 0.327 e. The van der Waals surface area contributed by atoms with Crippen molar-refractivity contribution in [1.82, 2.24) is 14.8 Å². The maximum atomic E-state index is 13.9. The molecular weight excluding hydrogens is 325 g/mol. The van der Waals surface area contributed by atoms with Gasteiger partial charge in [0.1, 0.15) is 5.69 Å². The molecule has 4 rings (SSSR count). The summed E-state index contributed by atoms with van der Waals surface area (Å²) in [6.45, 7) is 1.42. The number of rotatable bonds is 3. The van der Waals surface area contributed by atoms with Gasteiger partial charge >= 0.3 is 5.69 Å².